The van der Waals surface area contributed by atoms with E-state index >= 15 is 0 Å². The Kier molecular flexibility index (Phi) is 8.06. The third-order valence-corrected chi connectivity index (χ3v) is 3.30. The number of nitrogens with two attached hydrogens (primary N) is 1. The van der Waals surface area contributed by atoms with Gasteiger partial charge in [-0.1, -0.05) is 6.07 Å². The Hall–Kier alpha value is -2.42. The van der Waals surface area contributed by atoms with Crippen LogP contribution in [-0.2, 0) is 0 Å². The highest BCUT2D eigenvalue weighted by Gasteiger charge is 2.27. The van der Waals surface area contributed by atoms with Crippen LogP contribution in [0.15, 0.2) is 23.2 Å². The van der Waals surface area contributed by atoms with Crippen molar-refractivity contribution in [2.24, 2.45) is 10.7 Å². The van der Waals surface area contributed by atoms with Crippen molar-refractivity contribution in [1.82, 2.24) is 15.5 Å². The Morgan fingerprint density at radius 2 is 1.92 bits per heavy atom. The lowest BCUT2D eigenvalue weighted by molar-refractivity contribution is 0.244. The standard InChI is InChI=1S/C16H26F2N6O/c1-5-20-16(25)24(14-12(17)7-6-8-13(14)18)11(2)22-15(19)21-9-10-23(3)4/h6-8,11H,5,9-10H2,1-4H3,(H,20,25)(H3,19,21,22). The van der Waals surface area contributed by atoms with Crippen molar-refractivity contribution in [3.05, 3.63) is 29.8 Å². The predicted octanol–water partition coefficient (Wildman–Crippen LogP) is 1.31. The zero-order valence-electron chi connectivity index (χ0n) is 15.0. The average Bonchev–Trinajstić information content (AvgIpc) is 2.50. The Morgan fingerprint density at radius 1 is 1.32 bits per heavy atom. The second-order valence-electron chi connectivity index (χ2n) is 5.67. The number of aliphatic imine (C=N–C) groups is 1. The van der Waals surface area contributed by atoms with Gasteiger partial charge in [-0.3, -0.25) is 9.89 Å². The molecule has 1 aromatic rings. The van der Waals surface area contributed by atoms with E-state index in [0.717, 1.165) is 17.0 Å². The number of para-hydroxylation sites is 1. The number of benzene rings is 1. The first-order chi connectivity index (χ1) is 11.8. The Labute approximate surface area is 146 Å². The van der Waals surface area contributed by atoms with Crippen molar-refractivity contribution >= 4 is 17.7 Å². The molecule has 0 saturated carbocycles. The molecule has 9 heteroatoms. The Bertz CT molecular complexity index is 588. The number of nitrogens with zero attached hydrogens (tertiary/aromatic N) is 3. The number of anilines is 1. The molecule has 4 N–H and O–H groups in total. The molecule has 0 aliphatic heterocycles. The number of halogens is 2. The van der Waals surface area contributed by atoms with Gasteiger partial charge in [-0.15, -0.1) is 0 Å². The van der Waals surface area contributed by atoms with E-state index in [0.29, 0.717) is 19.6 Å². The summed E-state index contributed by atoms with van der Waals surface area (Å²) < 4.78 is 28.3. The molecule has 0 radical (unpaired) electrons. The lowest BCUT2D eigenvalue weighted by Gasteiger charge is -2.30. The first kappa shape index (κ1) is 20.6. The van der Waals surface area contributed by atoms with Gasteiger partial charge in [-0.2, -0.15) is 0 Å². The summed E-state index contributed by atoms with van der Waals surface area (Å²) in [5.41, 5.74) is 5.35. The SMILES string of the molecule is CCNC(=O)N(c1c(F)cccc1F)C(C)NC(N)=NCCN(C)C. The number of guanidine groups is 1. The second kappa shape index (κ2) is 9.77. The van der Waals surface area contributed by atoms with Crippen LogP contribution in [0.5, 0.6) is 0 Å². The summed E-state index contributed by atoms with van der Waals surface area (Å²) in [5.74, 6) is -1.61. The summed E-state index contributed by atoms with van der Waals surface area (Å²) >= 11 is 0. The number of nitrogens with one attached hydrogen (secondary N) is 2. The minimum absolute atomic E-state index is 0.0837. The van der Waals surface area contributed by atoms with E-state index in [9.17, 15) is 13.6 Å². The molecule has 140 valence electrons. The van der Waals surface area contributed by atoms with E-state index < -0.39 is 29.5 Å². The molecule has 1 atom stereocenters. The monoisotopic (exact) mass is 356 g/mol. The molecule has 1 unspecified atom stereocenters. The van der Waals surface area contributed by atoms with Crippen molar-refractivity contribution < 1.29 is 13.6 Å². The number of urea groups is 1. The van der Waals surface area contributed by atoms with E-state index in [1.165, 1.54) is 6.07 Å². The zero-order chi connectivity index (χ0) is 19.0. The van der Waals surface area contributed by atoms with E-state index in [-0.39, 0.29) is 5.96 Å². The van der Waals surface area contributed by atoms with Crippen LogP contribution in [0.25, 0.3) is 0 Å². The average molecular weight is 356 g/mol. The van der Waals surface area contributed by atoms with Crippen LogP contribution < -0.4 is 21.3 Å². The number of carbonyl (C=O) groups excluding carboxylic acids is 1. The minimum atomic E-state index is -0.844. The maximum absolute atomic E-state index is 14.1. The molecule has 0 aromatic heterocycles. The molecule has 0 fully saturated rings. The van der Waals surface area contributed by atoms with Crippen molar-refractivity contribution in [3.63, 3.8) is 0 Å². The maximum Gasteiger partial charge on any atom is 0.323 e. The van der Waals surface area contributed by atoms with Crippen LogP contribution >= 0.6 is 0 Å². The molecule has 1 rings (SSSR count). The van der Waals surface area contributed by atoms with Gasteiger partial charge in [0, 0.05) is 13.1 Å². The van der Waals surface area contributed by atoms with Gasteiger partial charge in [0.15, 0.2) is 5.96 Å². The number of likely N-dealkylation sites (N-methyl/N-ethyl adjacent to an activating group) is 1. The fourth-order valence-electron chi connectivity index (χ4n) is 2.12. The van der Waals surface area contributed by atoms with Crippen molar-refractivity contribution in [3.8, 4) is 0 Å². The van der Waals surface area contributed by atoms with Crippen LogP contribution in [0.3, 0.4) is 0 Å². The molecule has 7 nitrogen and oxygen atoms in total. The predicted molar refractivity (Wildman–Crippen MR) is 95.6 cm³/mol. The van der Waals surface area contributed by atoms with Crippen molar-refractivity contribution in [2.45, 2.75) is 20.0 Å². The van der Waals surface area contributed by atoms with E-state index in [2.05, 4.69) is 15.6 Å². The van der Waals surface area contributed by atoms with Crippen molar-refractivity contribution in [1.29, 1.82) is 0 Å². The first-order valence-corrected chi connectivity index (χ1v) is 8.00. The first-order valence-electron chi connectivity index (χ1n) is 8.00. The highest BCUT2D eigenvalue weighted by molar-refractivity contribution is 5.93. The third-order valence-electron chi connectivity index (χ3n) is 3.30. The van der Waals surface area contributed by atoms with Gasteiger partial charge in [0.05, 0.1) is 6.54 Å². The molecule has 0 saturated heterocycles. The maximum atomic E-state index is 14.1. The molecule has 2 amide bonds. The largest absolute Gasteiger partial charge is 0.370 e. The molecule has 25 heavy (non-hydrogen) atoms. The van der Waals surface area contributed by atoms with Gasteiger partial charge >= 0.3 is 6.03 Å². The fraction of sp³-hybridized carbons (Fsp3) is 0.500. The topological polar surface area (TPSA) is 86.0 Å². The van der Waals surface area contributed by atoms with E-state index in [4.69, 9.17) is 5.73 Å². The molecule has 0 bridgehead atoms. The van der Waals surface area contributed by atoms with Gasteiger partial charge in [0.1, 0.15) is 23.5 Å². The number of hydrogen-bond acceptors (Lipinski definition) is 3. The van der Waals surface area contributed by atoms with E-state index in [1.54, 1.807) is 13.8 Å². The van der Waals surface area contributed by atoms with E-state index in [1.807, 2.05) is 19.0 Å². The van der Waals surface area contributed by atoms with Gasteiger partial charge in [0.2, 0.25) is 0 Å². The van der Waals surface area contributed by atoms with Gasteiger partial charge < -0.3 is 21.3 Å². The summed E-state index contributed by atoms with van der Waals surface area (Å²) in [7, 11) is 3.80. The lowest BCUT2D eigenvalue weighted by Crippen LogP contribution is -2.55. The quantitative estimate of drug-likeness (QED) is 0.391. The van der Waals surface area contributed by atoms with Crippen molar-refractivity contribution in [2.75, 3.05) is 38.6 Å². The van der Waals surface area contributed by atoms with Gasteiger partial charge in [-0.05, 0) is 40.1 Å². The molecule has 0 heterocycles. The fourth-order valence-corrected chi connectivity index (χ4v) is 2.12. The smallest absolute Gasteiger partial charge is 0.323 e. The summed E-state index contributed by atoms with van der Waals surface area (Å²) in [6.45, 7) is 4.73. The van der Waals surface area contributed by atoms with Gasteiger partial charge in [0.25, 0.3) is 0 Å². The molecule has 0 spiro atoms. The number of amides is 2. The van der Waals surface area contributed by atoms with Crippen LogP contribution in [-0.4, -0.2) is 56.8 Å². The second-order valence-corrected chi connectivity index (χ2v) is 5.67. The summed E-state index contributed by atoms with van der Waals surface area (Å²) in [6.07, 6.45) is -0.818. The molecule has 0 aliphatic rings. The van der Waals surface area contributed by atoms with Crippen LogP contribution in [0.1, 0.15) is 13.8 Å². The molecule has 0 aliphatic carbocycles. The number of rotatable bonds is 7. The Balaban J connectivity index is 3.02. The minimum Gasteiger partial charge on any atom is -0.370 e. The third kappa shape index (κ3) is 6.18. The summed E-state index contributed by atoms with van der Waals surface area (Å²) in [5, 5.41) is 5.32. The van der Waals surface area contributed by atoms with Crippen LogP contribution in [0, 0.1) is 11.6 Å². The zero-order valence-corrected chi connectivity index (χ0v) is 15.0. The summed E-state index contributed by atoms with van der Waals surface area (Å²) in [6, 6.07) is 2.77. The number of hydrogen-bond donors (Lipinski definition) is 3. The summed E-state index contributed by atoms with van der Waals surface area (Å²) in [4.78, 5) is 19.3. The molecule has 1 aromatic carbocycles. The Morgan fingerprint density at radius 3 is 2.44 bits per heavy atom. The van der Waals surface area contributed by atoms with Gasteiger partial charge in [-0.25, -0.2) is 13.6 Å². The highest BCUT2D eigenvalue weighted by atomic mass is 19.1. The molecular weight excluding hydrogens is 330 g/mol. The molecular formula is C16H26F2N6O. The van der Waals surface area contributed by atoms with Crippen LogP contribution in [0.4, 0.5) is 19.3 Å². The highest BCUT2D eigenvalue weighted by Crippen LogP contribution is 2.24. The van der Waals surface area contributed by atoms with Crippen LogP contribution in [0.2, 0.25) is 0 Å². The normalized spacial score (nSPS) is 12.8. The number of carbonyl (C=O) groups is 1. The lowest BCUT2D eigenvalue weighted by atomic mass is 10.2.